The van der Waals surface area contributed by atoms with Crippen LogP contribution in [0.2, 0.25) is 0 Å². The maximum absolute atomic E-state index is 13.0. The second kappa shape index (κ2) is 8.11. The molecule has 3 aromatic carbocycles. The lowest BCUT2D eigenvalue weighted by Crippen LogP contribution is -2.28. The summed E-state index contributed by atoms with van der Waals surface area (Å²) < 4.78 is 0.952. The summed E-state index contributed by atoms with van der Waals surface area (Å²) in [5, 5.41) is 0. The van der Waals surface area contributed by atoms with Crippen LogP contribution >= 0.6 is 15.9 Å². The lowest BCUT2D eigenvalue weighted by atomic mass is 9.97. The van der Waals surface area contributed by atoms with E-state index >= 15 is 0 Å². The Hall–Kier alpha value is -2.72. The van der Waals surface area contributed by atoms with E-state index < -0.39 is 0 Å². The molecule has 0 N–H and O–H groups in total. The van der Waals surface area contributed by atoms with Crippen molar-refractivity contribution in [1.82, 2.24) is 4.90 Å². The zero-order chi connectivity index (χ0) is 18.5. The molecule has 0 saturated carbocycles. The van der Waals surface area contributed by atoms with Gasteiger partial charge in [0, 0.05) is 29.2 Å². The molecule has 26 heavy (non-hydrogen) atoms. The fourth-order valence-electron chi connectivity index (χ4n) is 2.77. The number of halogens is 1. The van der Waals surface area contributed by atoms with Crippen LogP contribution in [-0.2, 0) is 6.54 Å². The van der Waals surface area contributed by atoms with Crippen LogP contribution in [0.1, 0.15) is 31.8 Å². The first-order valence-corrected chi connectivity index (χ1v) is 9.05. The van der Waals surface area contributed by atoms with Gasteiger partial charge in [0.05, 0.1) is 5.56 Å². The van der Waals surface area contributed by atoms with Crippen molar-refractivity contribution < 1.29 is 9.59 Å². The molecule has 0 aromatic heterocycles. The molecule has 0 heterocycles. The molecular weight excluding hydrogens is 390 g/mol. The van der Waals surface area contributed by atoms with E-state index in [0.29, 0.717) is 23.2 Å². The fourth-order valence-corrected chi connectivity index (χ4v) is 3.18. The second-order valence-corrected chi connectivity index (χ2v) is 6.85. The highest BCUT2D eigenvalue weighted by atomic mass is 79.9. The molecule has 0 saturated heterocycles. The first kappa shape index (κ1) is 18.1. The molecule has 1 amide bonds. The van der Waals surface area contributed by atoms with Crippen LogP contribution in [0.15, 0.2) is 83.3 Å². The fraction of sp³-hybridized carbons (Fsp3) is 0.0909. The molecule has 3 nitrogen and oxygen atoms in total. The van der Waals surface area contributed by atoms with Gasteiger partial charge in [0.25, 0.3) is 5.91 Å². The molecule has 0 unspecified atom stereocenters. The predicted molar refractivity (Wildman–Crippen MR) is 106 cm³/mol. The monoisotopic (exact) mass is 407 g/mol. The lowest BCUT2D eigenvalue weighted by molar-refractivity contribution is 0.0780. The first-order valence-electron chi connectivity index (χ1n) is 8.25. The van der Waals surface area contributed by atoms with Crippen LogP contribution in [0.25, 0.3) is 0 Å². The lowest BCUT2D eigenvalue weighted by Gasteiger charge is -2.19. The van der Waals surface area contributed by atoms with Gasteiger partial charge in [0.2, 0.25) is 0 Å². The Morgan fingerprint density at radius 3 is 2.08 bits per heavy atom. The van der Waals surface area contributed by atoms with Crippen molar-refractivity contribution in [1.29, 1.82) is 0 Å². The van der Waals surface area contributed by atoms with Crippen molar-refractivity contribution in [3.8, 4) is 0 Å². The molecule has 3 rings (SSSR count). The average molecular weight is 408 g/mol. The Morgan fingerprint density at radius 2 is 1.38 bits per heavy atom. The largest absolute Gasteiger partial charge is 0.337 e. The summed E-state index contributed by atoms with van der Waals surface area (Å²) in [5.74, 6) is -0.329. The van der Waals surface area contributed by atoms with Gasteiger partial charge in [-0.2, -0.15) is 0 Å². The molecule has 0 fully saturated rings. The van der Waals surface area contributed by atoms with Crippen LogP contribution in [0.4, 0.5) is 0 Å². The highest BCUT2D eigenvalue weighted by molar-refractivity contribution is 9.10. The zero-order valence-electron chi connectivity index (χ0n) is 14.4. The molecule has 0 aliphatic heterocycles. The minimum atomic E-state index is -0.180. The number of nitrogens with zero attached hydrogens (tertiary/aromatic N) is 1. The van der Waals surface area contributed by atoms with Gasteiger partial charge in [-0.1, -0.05) is 82.7 Å². The Bertz CT molecular complexity index is 938. The molecule has 0 atom stereocenters. The first-order chi connectivity index (χ1) is 12.6. The Morgan fingerprint density at radius 1 is 0.808 bits per heavy atom. The summed E-state index contributed by atoms with van der Waals surface area (Å²) in [4.78, 5) is 27.4. The third-order valence-corrected chi connectivity index (χ3v) is 4.92. The van der Waals surface area contributed by atoms with Crippen LogP contribution in [0.3, 0.4) is 0 Å². The standard InChI is InChI=1S/C22H18BrNO2/c1-24(15-17-11-5-8-14-20(17)23)22(26)19-13-7-6-12-18(19)21(25)16-9-3-2-4-10-16/h2-14H,15H2,1H3. The third kappa shape index (κ3) is 3.92. The molecule has 130 valence electrons. The van der Waals surface area contributed by atoms with E-state index in [1.807, 2.05) is 42.5 Å². The van der Waals surface area contributed by atoms with Crippen molar-refractivity contribution in [2.75, 3.05) is 7.05 Å². The van der Waals surface area contributed by atoms with Gasteiger partial charge in [-0.15, -0.1) is 0 Å². The summed E-state index contributed by atoms with van der Waals surface area (Å²) >= 11 is 3.51. The minimum Gasteiger partial charge on any atom is -0.337 e. The van der Waals surface area contributed by atoms with Crippen LogP contribution < -0.4 is 0 Å². The van der Waals surface area contributed by atoms with E-state index in [4.69, 9.17) is 0 Å². The predicted octanol–water partition coefficient (Wildman–Crippen LogP) is 4.95. The molecule has 0 spiro atoms. The Balaban J connectivity index is 1.88. The van der Waals surface area contributed by atoms with E-state index in [1.54, 1.807) is 48.3 Å². The number of rotatable bonds is 5. The van der Waals surface area contributed by atoms with Crippen LogP contribution in [-0.4, -0.2) is 23.6 Å². The summed E-state index contributed by atoms with van der Waals surface area (Å²) in [6, 6.07) is 23.8. The maximum Gasteiger partial charge on any atom is 0.254 e. The summed E-state index contributed by atoms with van der Waals surface area (Å²) in [6.45, 7) is 0.452. The smallest absolute Gasteiger partial charge is 0.254 e. The number of amides is 1. The van der Waals surface area contributed by atoms with Gasteiger partial charge in [0.15, 0.2) is 5.78 Å². The normalized spacial score (nSPS) is 10.4. The van der Waals surface area contributed by atoms with Crippen molar-refractivity contribution in [2.45, 2.75) is 6.54 Å². The van der Waals surface area contributed by atoms with Crippen molar-refractivity contribution >= 4 is 27.6 Å². The van der Waals surface area contributed by atoms with Gasteiger partial charge in [0.1, 0.15) is 0 Å². The molecule has 0 bridgehead atoms. The molecule has 0 radical (unpaired) electrons. The highest BCUT2D eigenvalue weighted by Crippen LogP contribution is 2.20. The Kier molecular flexibility index (Phi) is 5.64. The number of ketones is 1. The Labute approximate surface area is 161 Å². The maximum atomic E-state index is 13.0. The SMILES string of the molecule is CN(Cc1ccccc1Br)C(=O)c1ccccc1C(=O)c1ccccc1. The number of hydrogen-bond acceptors (Lipinski definition) is 2. The van der Waals surface area contributed by atoms with E-state index in [0.717, 1.165) is 10.0 Å². The van der Waals surface area contributed by atoms with Gasteiger partial charge >= 0.3 is 0 Å². The number of benzene rings is 3. The molecule has 0 aliphatic rings. The van der Waals surface area contributed by atoms with Gasteiger partial charge < -0.3 is 4.90 Å². The molecule has 3 aromatic rings. The second-order valence-electron chi connectivity index (χ2n) is 5.99. The number of hydrogen-bond donors (Lipinski definition) is 0. The van der Waals surface area contributed by atoms with Gasteiger partial charge in [-0.05, 0) is 17.7 Å². The van der Waals surface area contributed by atoms with Crippen molar-refractivity contribution in [3.63, 3.8) is 0 Å². The molecular formula is C22H18BrNO2. The van der Waals surface area contributed by atoms with Crippen molar-refractivity contribution in [3.05, 3.63) is 106 Å². The van der Waals surface area contributed by atoms with Gasteiger partial charge in [-0.3, -0.25) is 9.59 Å². The summed E-state index contributed by atoms with van der Waals surface area (Å²) in [6.07, 6.45) is 0. The van der Waals surface area contributed by atoms with Crippen molar-refractivity contribution in [2.24, 2.45) is 0 Å². The summed E-state index contributed by atoms with van der Waals surface area (Å²) in [7, 11) is 1.74. The van der Waals surface area contributed by atoms with Crippen LogP contribution in [0.5, 0.6) is 0 Å². The molecule has 4 heteroatoms. The zero-order valence-corrected chi connectivity index (χ0v) is 15.9. The van der Waals surface area contributed by atoms with E-state index in [2.05, 4.69) is 15.9 Å². The molecule has 0 aliphatic carbocycles. The van der Waals surface area contributed by atoms with E-state index in [1.165, 1.54) is 0 Å². The number of carbonyl (C=O) groups excluding carboxylic acids is 2. The highest BCUT2D eigenvalue weighted by Gasteiger charge is 2.20. The van der Waals surface area contributed by atoms with Crippen LogP contribution in [0, 0.1) is 0 Å². The van der Waals surface area contributed by atoms with E-state index in [-0.39, 0.29) is 11.7 Å². The number of carbonyl (C=O) groups is 2. The average Bonchev–Trinajstić information content (AvgIpc) is 2.69. The minimum absolute atomic E-state index is 0.149. The summed E-state index contributed by atoms with van der Waals surface area (Å²) in [5.41, 5.74) is 2.41. The quantitative estimate of drug-likeness (QED) is 0.560. The van der Waals surface area contributed by atoms with Gasteiger partial charge in [-0.25, -0.2) is 0 Å². The topological polar surface area (TPSA) is 37.4 Å². The third-order valence-electron chi connectivity index (χ3n) is 4.15. The van der Waals surface area contributed by atoms with E-state index in [9.17, 15) is 9.59 Å².